The number of nitrogens with zero attached hydrogens (tertiary/aromatic N) is 1. The van der Waals surface area contributed by atoms with E-state index in [1.165, 1.54) is 6.07 Å². The van der Waals surface area contributed by atoms with Crippen LogP contribution in [0, 0.1) is 11.3 Å². The van der Waals surface area contributed by atoms with E-state index in [4.69, 9.17) is 5.26 Å². The Kier molecular flexibility index (Phi) is 6.22. The summed E-state index contributed by atoms with van der Waals surface area (Å²) in [5, 5.41) is 8.45. The number of hydrogen-bond acceptors (Lipinski definition) is 2. The molecule has 0 saturated heterocycles. The second kappa shape index (κ2) is 6.29. The van der Waals surface area contributed by atoms with E-state index in [2.05, 4.69) is 4.74 Å². The fourth-order valence-electron chi connectivity index (χ4n) is 1.05. The van der Waals surface area contributed by atoms with Crippen molar-refractivity contribution in [1.82, 2.24) is 0 Å². The molecule has 1 aromatic rings. The molecule has 0 N–H and O–H groups in total. The minimum Gasteiger partial charge on any atom is -0.445 e. The first-order valence-corrected chi connectivity index (χ1v) is 4.13. The molecule has 0 amide bonds. The fraction of sp³-hybridized carbons (Fsp3) is 0.125. The van der Waals surface area contributed by atoms with E-state index in [0.717, 1.165) is 0 Å². The van der Waals surface area contributed by atoms with Crippen LogP contribution < -0.4 is 61.6 Å². The molecular weight excluding hydrogens is 290 g/mol. The Morgan fingerprint density at radius 3 is 2.11 bits per heavy atom. The van der Waals surface area contributed by atoms with Gasteiger partial charge in [0.2, 0.25) is 0 Å². The number of halogens is 6. The average Bonchev–Trinajstić information content (AvgIpc) is 2.14. The van der Waals surface area contributed by atoms with Crippen molar-refractivity contribution in [1.29, 1.82) is 5.26 Å². The maximum Gasteiger partial charge on any atom is 1.00 e. The smallest absolute Gasteiger partial charge is 0.445 e. The van der Waals surface area contributed by atoms with Gasteiger partial charge in [-0.05, 0) is 6.07 Å². The van der Waals surface area contributed by atoms with Gasteiger partial charge in [-0.1, -0.05) is 12.1 Å². The molecule has 0 unspecified atom stereocenters. The van der Waals surface area contributed by atoms with Gasteiger partial charge >= 0.3 is 64.7 Å². The summed E-state index contributed by atoms with van der Waals surface area (Å²) in [7, 11) is 0. The number of ether oxygens (including phenoxy) is 1. The summed E-state index contributed by atoms with van der Waals surface area (Å²) >= 11 is 0. The number of rotatable bonds is 2. The van der Waals surface area contributed by atoms with Crippen LogP contribution in [0.25, 0.3) is 0 Å². The van der Waals surface area contributed by atoms with Crippen molar-refractivity contribution in [3.8, 4) is 11.8 Å². The summed E-state index contributed by atoms with van der Waals surface area (Å²) in [6.45, 7) is -5.37. The summed E-state index contributed by atoms with van der Waals surface area (Å²) in [5.41, 5.74) is -1.98. The Bertz CT molecular complexity index is 466. The van der Waals surface area contributed by atoms with Crippen molar-refractivity contribution >= 4 is 12.4 Å². The molecule has 0 heterocycles. The molecule has 0 aliphatic carbocycles. The van der Waals surface area contributed by atoms with Crippen LogP contribution in [0.4, 0.5) is 26.1 Å². The number of alkyl halides is 3. The molecule has 1 aromatic carbocycles. The molecule has 0 bridgehead atoms. The minimum absolute atomic E-state index is 0. The zero-order valence-corrected chi connectivity index (χ0v) is 12.1. The van der Waals surface area contributed by atoms with Crippen LogP contribution in [-0.2, 0) is 0 Å². The van der Waals surface area contributed by atoms with E-state index in [1.807, 2.05) is 0 Å². The minimum atomic E-state index is -5.37. The Hall–Kier alpha value is -0.209. The van der Waals surface area contributed by atoms with Crippen LogP contribution in [0.15, 0.2) is 18.2 Å². The first kappa shape index (κ1) is 17.8. The molecule has 92 valence electrons. The third-order valence-corrected chi connectivity index (χ3v) is 1.73. The average molecular weight is 293 g/mol. The Morgan fingerprint density at radius 1 is 1.17 bits per heavy atom. The van der Waals surface area contributed by atoms with Crippen molar-refractivity contribution in [3.63, 3.8) is 0 Å². The first-order valence-electron chi connectivity index (χ1n) is 4.13. The Morgan fingerprint density at radius 2 is 1.72 bits per heavy atom. The number of nitriles is 1. The summed E-state index contributed by atoms with van der Waals surface area (Å²) < 4.78 is 75.7. The van der Waals surface area contributed by atoms with Crippen LogP contribution in [-0.4, -0.2) is 13.3 Å². The van der Waals surface area contributed by atoms with Gasteiger partial charge in [-0.2, -0.15) is 5.26 Å². The van der Waals surface area contributed by atoms with Crippen molar-refractivity contribution < 1.29 is 82.2 Å². The van der Waals surface area contributed by atoms with Crippen LogP contribution >= 0.6 is 0 Å². The maximum atomic E-state index is 12.3. The third kappa shape index (κ3) is 5.19. The number of benzene rings is 1. The predicted octanol–water partition coefficient (Wildman–Crippen LogP) is -0.485. The van der Waals surface area contributed by atoms with Gasteiger partial charge in [0, 0.05) is 0 Å². The van der Waals surface area contributed by atoms with Gasteiger partial charge in [0.1, 0.15) is 11.8 Å². The van der Waals surface area contributed by atoms with Gasteiger partial charge in [-0.15, -0.1) is 18.6 Å². The summed E-state index contributed by atoms with van der Waals surface area (Å²) in [6.07, 6.45) is -5.06. The fourth-order valence-corrected chi connectivity index (χ4v) is 1.05. The molecule has 2 nitrogen and oxygen atoms in total. The van der Waals surface area contributed by atoms with Gasteiger partial charge in [0.15, 0.2) is 0 Å². The second-order valence-electron chi connectivity index (χ2n) is 2.99. The van der Waals surface area contributed by atoms with E-state index >= 15 is 0 Å². The molecular formula is C8H3BF6KNO. The molecule has 0 spiro atoms. The second-order valence-corrected chi connectivity index (χ2v) is 2.99. The van der Waals surface area contributed by atoms with Gasteiger partial charge in [-0.3, -0.25) is 0 Å². The van der Waals surface area contributed by atoms with Gasteiger partial charge < -0.3 is 17.7 Å². The molecule has 0 atom stereocenters. The first-order chi connectivity index (χ1) is 7.63. The van der Waals surface area contributed by atoms with Crippen LogP contribution in [0.2, 0.25) is 0 Å². The van der Waals surface area contributed by atoms with Gasteiger partial charge in [0.25, 0.3) is 0 Å². The zero-order valence-electron chi connectivity index (χ0n) is 8.93. The molecule has 0 saturated carbocycles. The summed E-state index contributed by atoms with van der Waals surface area (Å²) in [6, 6.07) is 2.44. The molecule has 0 radical (unpaired) electrons. The van der Waals surface area contributed by atoms with E-state index < -0.39 is 30.1 Å². The quantitative estimate of drug-likeness (QED) is 0.545. The Labute approximate surface area is 140 Å². The van der Waals surface area contributed by atoms with E-state index in [1.54, 1.807) is 0 Å². The van der Waals surface area contributed by atoms with E-state index in [0.29, 0.717) is 18.2 Å². The van der Waals surface area contributed by atoms with Crippen molar-refractivity contribution in [2.75, 3.05) is 0 Å². The molecule has 0 aliphatic rings. The largest absolute Gasteiger partial charge is 1.00 e. The molecule has 10 heteroatoms. The van der Waals surface area contributed by atoms with Crippen molar-refractivity contribution in [3.05, 3.63) is 23.8 Å². The van der Waals surface area contributed by atoms with Gasteiger partial charge in [-0.25, -0.2) is 0 Å². The topological polar surface area (TPSA) is 33.0 Å². The number of hydrogen-bond donors (Lipinski definition) is 0. The predicted molar refractivity (Wildman–Crippen MR) is 46.6 cm³/mol. The molecule has 0 aromatic heterocycles. The molecule has 1 rings (SSSR count). The summed E-state index contributed by atoms with van der Waals surface area (Å²) in [4.78, 5) is 0. The molecule has 0 fully saturated rings. The van der Waals surface area contributed by atoms with Gasteiger partial charge in [0.05, 0.1) is 5.56 Å². The third-order valence-electron chi connectivity index (χ3n) is 1.73. The van der Waals surface area contributed by atoms with E-state index in [9.17, 15) is 26.1 Å². The van der Waals surface area contributed by atoms with Crippen molar-refractivity contribution in [2.45, 2.75) is 6.36 Å². The SMILES string of the molecule is N#Cc1cc([B-](F)(F)F)ccc1OC(F)(F)F.[K+]. The molecule has 18 heavy (non-hydrogen) atoms. The van der Waals surface area contributed by atoms with Crippen molar-refractivity contribution in [2.24, 2.45) is 0 Å². The standard InChI is InChI=1S/C8H3BF6NO.K/c10-8(11,12)17-7-2-1-6(9(13,14)15)3-5(7)4-16;/h1-3H;/q-1;+1. The normalized spacial score (nSPS) is 11.4. The Balaban J connectivity index is 0.00000289. The molecule has 0 aliphatic heterocycles. The zero-order chi connectivity index (χ0) is 13.3. The maximum absolute atomic E-state index is 12.3. The van der Waals surface area contributed by atoms with Crippen LogP contribution in [0.5, 0.6) is 5.75 Å². The van der Waals surface area contributed by atoms with E-state index in [-0.39, 0.29) is 51.4 Å². The van der Waals surface area contributed by atoms with Crippen LogP contribution in [0.3, 0.4) is 0 Å². The summed E-state index contributed by atoms with van der Waals surface area (Å²) in [5.74, 6) is -0.955. The monoisotopic (exact) mass is 293 g/mol. The van der Waals surface area contributed by atoms with Crippen LogP contribution in [0.1, 0.15) is 5.56 Å².